The van der Waals surface area contributed by atoms with E-state index in [0.29, 0.717) is 17.7 Å². The second-order valence-electron chi connectivity index (χ2n) is 7.11. The molecule has 1 atom stereocenters. The van der Waals surface area contributed by atoms with Crippen molar-refractivity contribution < 1.29 is 14.5 Å². The fraction of sp³-hybridized carbons (Fsp3) is 0.238. The van der Waals surface area contributed by atoms with Crippen LogP contribution in [0.4, 0.5) is 0 Å². The summed E-state index contributed by atoms with van der Waals surface area (Å²) >= 11 is 0. The van der Waals surface area contributed by atoms with Gasteiger partial charge in [0.15, 0.2) is 0 Å². The number of hydrogen-bond donors (Lipinski definition) is 1. The zero-order chi connectivity index (χ0) is 18.4. The van der Waals surface area contributed by atoms with Gasteiger partial charge in [0.25, 0.3) is 11.8 Å². The number of rotatable bonds is 4. The number of fused-ring (bicyclic) bond motifs is 2. The molecule has 26 heavy (non-hydrogen) atoms. The number of carbonyl (C=O) groups is 2. The Labute approximate surface area is 152 Å². The fourth-order valence-electron chi connectivity index (χ4n) is 3.83. The number of amides is 2. The molecule has 3 aromatic rings. The van der Waals surface area contributed by atoms with Gasteiger partial charge in [-0.2, -0.15) is 0 Å². The molecule has 1 aromatic heterocycles. The lowest BCUT2D eigenvalue weighted by Crippen LogP contribution is -3.07. The molecule has 0 spiro atoms. The molecule has 2 heterocycles. The van der Waals surface area contributed by atoms with Crippen molar-refractivity contribution in [2.24, 2.45) is 7.05 Å². The Balaban J connectivity index is 1.73. The van der Waals surface area contributed by atoms with E-state index in [2.05, 4.69) is 37.0 Å². The summed E-state index contributed by atoms with van der Waals surface area (Å²) in [6.07, 6.45) is 2.11. The van der Waals surface area contributed by atoms with Gasteiger partial charge in [0.2, 0.25) is 0 Å². The van der Waals surface area contributed by atoms with Crippen LogP contribution in [0.1, 0.15) is 32.3 Å². The second kappa shape index (κ2) is 6.11. The van der Waals surface area contributed by atoms with Crippen molar-refractivity contribution in [2.45, 2.75) is 6.04 Å². The Morgan fingerprint density at radius 2 is 1.50 bits per heavy atom. The summed E-state index contributed by atoms with van der Waals surface area (Å²) in [6, 6.07) is 15.3. The van der Waals surface area contributed by atoms with Crippen molar-refractivity contribution in [3.05, 3.63) is 71.4 Å². The van der Waals surface area contributed by atoms with Crippen LogP contribution in [0, 0.1) is 0 Å². The summed E-state index contributed by atoms with van der Waals surface area (Å²) in [7, 11) is 6.14. The average Bonchev–Trinajstić information content (AvgIpc) is 3.09. The van der Waals surface area contributed by atoms with E-state index in [9.17, 15) is 9.59 Å². The molecule has 0 bridgehead atoms. The van der Waals surface area contributed by atoms with Crippen LogP contribution >= 0.6 is 0 Å². The van der Waals surface area contributed by atoms with Crippen molar-refractivity contribution >= 4 is 22.7 Å². The Morgan fingerprint density at radius 1 is 0.923 bits per heavy atom. The van der Waals surface area contributed by atoms with E-state index >= 15 is 0 Å². The minimum absolute atomic E-state index is 0.00307. The molecule has 1 aliphatic heterocycles. The lowest BCUT2D eigenvalue weighted by molar-refractivity contribution is -0.891. The standard InChI is InChI=1S/C21H21N3O2/c1-22(2)19(17-12-23(3)18-11-7-6-8-14(17)18)13-24-20(25)15-9-4-5-10-16(15)21(24)26/h4-12,19H,13H2,1-3H3/p+1/t19-/m0/s1. The predicted octanol–water partition coefficient (Wildman–Crippen LogP) is 1.66. The molecule has 0 saturated heterocycles. The van der Waals surface area contributed by atoms with Crippen LogP contribution in [0.2, 0.25) is 0 Å². The van der Waals surface area contributed by atoms with Crippen molar-refractivity contribution in [3.63, 3.8) is 0 Å². The highest BCUT2D eigenvalue weighted by Gasteiger charge is 2.38. The van der Waals surface area contributed by atoms with E-state index in [0.717, 1.165) is 16.5 Å². The second-order valence-corrected chi connectivity index (χ2v) is 7.11. The van der Waals surface area contributed by atoms with Gasteiger partial charge in [-0.05, 0) is 18.2 Å². The van der Waals surface area contributed by atoms with Crippen molar-refractivity contribution in [3.8, 4) is 0 Å². The topological polar surface area (TPSA) is 46.8 Å². The molecule has 0 fully saturated rings. The van der Waals surface area contributed by atoms with E-state index in [4.69, 9.17) is 0 Å². The quantitative estimate of drug-likeness (QED) is 0.729. The minimum Gasteiger partial charge on any atom is -0.350 e. The molecule has 132 valence electrons. The number of aromatic nitrogens is 1. The molecule has 5 nitrogen and oxygen atoms in total. The van der Waals surface area contributed by atoms with Crippen LogP contribution in [0.15, 0.2) is 54.7 Å². The Morgan fingerprint density at radius 3 is 2.12 bits per heavy atom. The van der Waals surface area contributed by atoms with Crippen LogP contribution in [0.25, 0.3) is 10.9 Å². The van der Waals surface area contributed by atoms with E-state index in [-0.39, 0.29) is 17.9 Å². The van der Waals surface area contributed by atoms with Gasteiger partial charge in [-0.3, -0.25) is 14.5 Å². The number of nitrogens with zero attached hydrogens (tertiary/aromatic N) is 2. The first-order valence-electron chi connectivity index (χ1n) is 8.78. The van der Waals surface area contributed by atoms with E-state index < -0.39 is 0 Å². The molecular formula is C21H22N3O2+. The van der Waals surface area contributed by atoms with Crippen molar-refractivity contribution in [1.82, 2.24) is 9.47 Å². The summed E-state index contributed by atoms with van der Waals surface area (Å²) in [5.41, 5.74) is 3.31. The van der Waals surface area contributed by atoms with Crippen LogP contribution in [0.5, 0.6) is 0 Å². The van der Waals surface area contributed by atoms with E-state index in [1.54, 1.807) is 24.3 Å². The summed E-state index contributed by atoms with van der Waals surface area (Å²) in [5, 5.41) is 1.16. The highest BCUT2D eigenvalue weighted by atomic mass is 16.2. The van der Waals surface area contributed by atoms with Crippen molar-refractivity contribution in [1.29, 1.82) is 0 Å². The fourth-order valence-corrected chi connectivity index (χ4v) is 3.83. The summed E-state index contributed by atoms with van der Waals surface area (Å²) in [5.74, 6) is -0.394. The molecule has 0 unspecified atom stereocenters. The smallest absolute Gasteiger partial charge is 0.261 e. The van der Waals surface area contributed by atoms with Gasteiger partial charge < -0.3 is 9.47 Å². The van der Waals surface area contributed by atoms with Gasteiger partial charge >= 0.3 is 0 Å². The summed E-state index contributed by atoms with van der Waals surface area (Å²) in [6.45, 7) is 0.364. The normalized spacial score (nSPS) is 15.2. The first-order chi connectivity index (χ1) is 12.5. The maximum atomic E-state index is 12.8. The maximum Gasteiger partial charge on any atom is 0.261 e. The molecule has 0 aliphatic carbocycles. The number of benzene rings is 2. The number of nitrogens with one attached hydrogen (secondary N) is 1. The van der Waals surface area contributed by atoms with Gasteiger partial charge in [-0.25, -0.2) is 0 Å². The van der Waals surface area contributed by atoms with E-state index in [1.165, 1.54) is 9.80 Å². The zero-order valence-electron chi connectivity index (χ0n) is 15.2. The summed E-state index contributed by atoms with van der Waals surface area (Å²) < 4.78 is 2.10. The van der Waals surface area contributed by atoms with Crippen molar-refractivity contribution in [2.75, 3.05) is 20.6 Å². The highest BCUT2D eigenvalue weighted by molar-refractivity contribution is 6.21. The molecule has 5 heteroatoms. The molecule has 0 saturated carbocycles. The lowest BCUT2D eigenvalue weighted by atomic mass is 10.0. The molecule has 2 amide bonds. The third kappa shape index (κ3) is 2.44. The predicted molar refractivity (Wildman–Crippen MR) is 100 cm³/mol. The third-order valence-corrected chi connectivity index (χ3v) is 5.24. The molecular weight excluding hydrogens is 326 g/mol. The highest BCUT2D eigenvalue weighted by Crippen LogP contribution is 2.28. The molecule has 4 rings (SSSR count). The Hall–Kier alpha value is -2.92. The lowest BCUT2D eigenvalue weighted by Gasteiger charge is -2.25. The van der Waals surface area contributed by atoms with Crippen LogP contribution in [-0.2, 0) is 7.05 Å². The Kier molecular flexibility index (Phi) is 3.89. The molecule has 0 radical (unpaired) electrons. The third-order valence-electron chi connectivity index (χ3n) is 5.24. The van der Waals surface area contributed by atoms with Gasteiger partial charge in [0.05, 0.1) is 31.8 Å². The number of quaternary nitrogens is 1. The number of likely N-dealkylation sites (N-methyl/N-ethyl adjacent to an activating group) is 1. The average molecular weight is 348 g/mol. The SMILES string of the molecule is Cn1cc([C@H](CN2C(=O)c3ccccc3C2=O)[NH+](C)C)c2ccccc21. The monoisotopic (exact) mass is 348 g/mol. The maximum absolute atomic E-state index is 12.8. The van der Waals surface area contributed by atoms with E-state index in [1.807, 2.05) is 19.2 Å². The van der Waals surface area contributed by atoms with Crippen LogP contribution in [0.3, 0.4) is 0 Å². The van der Waals surface area contributed by atoms with Gasteiger partial charge in [0.1, 0.15) is 6.04 Å². The largest absolute Gasteiger partial charge is 0.350 e. The van der Waals surface area contributed by atoms with Crippen LogP contribution in [-0.4, -0.2) is 41.9 Å². The Bertz CT molecular complexity index is 984. The van der Waals surface area contributed by atoms with Gasteiger partial charge in [0, 0.05) is 29.7 Å². The zero-order valence-corrected chi connectivity index (χ0v) is 15.2. The first-order valence-corrected chi connectivity index (χ1v) is 8.78. The number of imide groups is 1. The molecule has 2 aromatic carbocycles. The molecule has 1 aliphatic rings. The number of para-hydroxylation sites is 1. The number of aryl methyl sites for hydroxylation is 1. The number of carbonyl (C=O) groups excluding carboxylic acids is 2. The van der Waals surface area contributed by atoms with Gasteiger partial charge in [-0.1, -0.05) is 30.3 Å². The minimum atomic E-state index is -0.197. The molecule has 1 N–H and O–H groups in total. The number of hydrogen-bond acceptors (Lipinski definition) is 2. The summed E-state index contributed by atoms with van der Waals surface area (Å²) in [4.78, 5) is 28.1. The van der Waals surface area contributed by atoms with Gasteiger partial charge in [-0.15, -0.1) is 0 Å². The van der Waals surface area contributed by atoms with Crippen LogP contribution < -0.4 is 4.90 Å². The first kappa shape index (κ1) is 16.5.